The Kier molecular flexibility index (Phi) is 3.98. The molecule has 5 heteroatoms. The van der Waals surface area contributed by atoms with Gasteiger partial charge in [0.05, 0.1) is 0 Å². The molecule has 2 aromatic carbocycles. The van der Waals surface area contributed by atoms with Crippen LogP contribution in [0.15, 0.2) is 36.4 Å². The topological polar surface area (TPSA) is 46.5 Å². The van der Waals surface area contributed by atoms with Gasteiger partial charge in [0, 0.05) is 0 Å². The smallest absolute Gasteiger partial charge is 0.339 e. The summed E-state index contributed by atoms with van der Waals surface area (Å²) in [7, 11) is 0. The van der Waals surface area contributed by atoms with Gasteiger partial charge in [0.15, 0.2) is 11.6 Å². The number of carboxylic acid groups (broad SMARTS) is 1. The summed E-state index contributed by atoms with van der Waals surface area (Å²) < 4.78 is 31.9. The predicted octanol–water partition coefficient (Wildman–Crippen LogP) is 3.55. The van der Waals surface area contributed by atoms with Crippen LogP contribution in [0.2, 0.25) is 0 Å². The summed E-state index contributed by atoms with van der Waals surface area (Å²) >= 11 is 0. The zero-order valence-corrected chi connectivity index (χ0v) is 10.7. The highest BCUT2D eigenvalue weighted by molar-refractivity contribution is 5.90. The van der Waals surface area contributed by atoms with Crippen LogP contribution in [0.4, 0.5) is 8.78 Å². The number of hydrogen-bond acceptors (Lipinski definition) is 2. The first-order valence-electron chi connectivity index (χ1n) is 5.88. The van der Waals surface area contributed by atoms with E-state index in [2.05, 4.69) is 0 Å². The molecule has 0 aliphatic heterocycles. The van der Waals surface area contributed by atoms with Crippen LogP contribution in [0.3, 0.4) is 0 Å². The minimum absolute atomic E-state index is 0.0344. The lowest BCUT2D eigenvalue weighted by molar-refractivity contribution is 0.0690. The quantitative estimate of drug-likeness (QED) is 0.930. The molecule has 0 aromatic heterocycles. The third-order valence-electron chi connectivity index (χ3n) is 2.87. The number of hydrogen-bond donors (Lipinski definition) is 1. The van der Waals surface area contributed by atoms with E-state index in [0.29, 0.717) is 11.1 Å². The summed E-state index contributed by atoms with van der Waals surface area (Å²) in [6.45, 7) is 1.66. The van der Waals surface area contributed by atoms with Crippen molar-refractivity contribution in [2.75, 3.05) is 0 Å². The van der Waals surface area contributed by atoms with Crippen LogP contribution in [0.5, 0.6) is 5.75 Å². The van der Waals surface area contributed by atoms with Crippen molar-refractivity contribution in [1.29, 1.82) is 0 Å². The zero-order chi connectivity index (χ0) is 14.7. The first kappa shape index (κ1) is 14.0. The van der Waals surface area contributed by atoms with Crippen molar-refractivity contribution >= 4 is 5.97 Å². The molecule has 0 saturated heterocycles. The molecule has 0 heterocycles. The summed E-state index contributed by atoms with van der Waals surface area (Å²) in [4.78, 5) is 11.0. The van der Waals surface area contributed by atoms with Crippen molar-refractivity contribution in [3.05, 3.63) is 64.7 Å². The van der Waals surface area contributed by atoms with Crippen molar-refractivity contribution in [3.63, 3.8) is 0 Å². The molecule has 104 valence electrons. The summed E-state index contributed by atoms with van der Waals surface area (Å²) in [5.41, 5.74) is 1.06. The molecule has 0 fully saturated rings. The van der Waals surface area contributed by atoms with Gasteiger partial charge in [-0.05, 0) is 42.3 Å². The number of para-hydroxylation sites is 1. The molecule has 2 aromatic rings. The monoisotopic (exact) mass is 278 g/mol. The Morgan fingerprint density at radius 1 is 1.25 bits per heavy atom. The van der Waals surface area contributed by atoms with E-state index in [1.165, 1.54) is 30.3 Å². The standard InChI is InChI=1S/C15H12F2O3/c1-9-7-11(16)6-5-10(9)8-20-14-12(15(18)19)3-2-4-13(14)17/h2-7H,8H2,1H3,(H,18,19). The second-order valence-corrected chi connectivity index (χ2v) is 4.28. The largest absolute Gasteiger partial charge is 0.485 e. The number of aryl methyl sites for hydroxylation is 1. The molecular formula is C15H12F2O3. The van der Waals surface area contributed by atoms with E-state index in [-0.39, 0.29) is 23.7 Å². The van der Waals surface area contributed by atoms with E-state index >= 15 is 0 Å². The normalized spacial score (nSPS) is 10.3. The molecule has 20 heavy (non-hydrogen) atoms. The third-order valence-corrected chi connectivity index (χ3v) is 2.87. The molecule has 3 nitrogen and oxygen atoms in total. The predicted molar refractivity (Wildman–Crippen MR) is 68.8 cm³/mol. The second kappa shape index (κ2) is 5.69. The average Bonchev–Trinajstić information content (AvgIpc) is 2.38. The van der Waals surface area contributed by atoms with E-state index in [0.717, 1.165) is 6.07 Å². The lowest BCUT2D eigenvalue weighted by Crippen LogP contribution is -2.06. The van der Waals surface area contributed by atoms with E-state index in [1.54, 1.807) is 6.92 Å². The molecule has 0 unspecified atom stereocenters. The molecular weight excluding hydrogens is 266 g/mol. The highest BCUT2D eigenvalue weighted by Gasteiger charge is 2.16. The van der Waals surface area contributed by atoms with Gasteiger partial charge in [-0.2, -0.15) is 0 Å². The van der Waals surface area contributed by atoms with Crippen molar-refractivity contribution in [2.24, 2.45) is 0 Å². The summed E-state index contributed by atoms with van der Waals surface area (Å²) in [6.07, 6.45) is 0. The number of benzene rings is 2. The fraction of sp³-hybridized carbons (Fsp3) is 0.133. The molecule has 0 aliphatic carbocycles. The maximum atomic E-state index is 13.6. The van der Waals surface area contributed by atoms with E-state index in [4.69, 9.17) is 9.84 Å². The van der Waals surface area contributed by atoms with Gasteiger partial charge >= 0.3 is 5.97 Å². The first-order chi connectivity index (χ1) is 9.49. The number of halogens is 2. The van der Waals surface area contributed by atoms with Gasteiger partial charge in [-0.1, -0.05) is 12.1 Å². The van der Waals surface area contributed by atoms with Crippen LogP contribution in [0.25, 0.3) is 0 Å². The van der Waals surface area contributed by atoms with E-state index in [1.807, 2.05) is 0 Å². The first-order valence-corrected chi connectivity index (χ1v) is 5.88. The number of carbonyl (C=O) groups is 1. The Bertz CT molecular complexity index is 654. The lowest BCUT2D eigenvalue weighted by atomic mass is 10.1. The Morgan fingerprint density at radius 2 is 2.00 bits per heavy atom. The van der Waals surface area contributed by atoms with Crippen LogP contribution < -0.4 is 4.74 Å². The van der Waals surface area contributed by atoms with Crippen LogP contribution in [-0.2, 0) is 6.61 Å². The Hall–Kier alpha value is -2.43. The molecule has 0 bridgehead atoms. The van der Waals surface area contributed by atoms with Gasteiger partial charge in [-0.15, -0.1) is 0 Å². The van der Waals surface area contributed by atoms with Gasteiger partial charge in [0.1, 0.15) is 18.0 Å². The SMILES string of the molecule is Cc1cc(F)ccc1COc1c(F)cccc1C(=O)O. The minimum atomic E-state index is -1.27. The van der Waals surface area contributed by atoms with Crippen LogP contribution in [0.1, 0.15) is 21.5 Å². The number of carboxylic acids is 1. The van der Waals surface area contributed by atoms with Gasteiger partial charge in [0.25, 0.3) is 0 Å². The van der Waals surface area contributed by atoms with Gasteiger partial charge in [-0.3, -0.25) is 0 Å². The van der Waals surface area contributed by atoms with Crippen LogP contribution >= 0.6 is 0 Å². The number of ether oxygens (including phenoxy) is 1. The third kappa shape index (κ3) is 2.93. The Labute approximate surface area is 114 Å². The van der Waals surface area contributed by atoms with Gasteiger partial charge in [-0.25, -0.2) is 13.6 Å². The molecule has 1 N–H and O–H groups in total. The molecule has 0 atom stereocenters. The average molecular weight is 278 g/mol. The van der Waals surface area contributed by atoms with Crippen LogP contribution in [0, 0.1) is 18.6 Å². The van der Waals surface area contributed by atoms with Crippen LogP contribution in [-0.4, -0.2) is 11.1 Å². The molecule has 0 saturated carbocycles. The van der Waals surface area contributed by atoms with Crippen molar-refractivity contribution in [1.82, 2.24) is 0 Å². The summed E-state index contributed by atoms with van der Waals surface area (Å²) in [5, 5.41) is 8.98. The molecule has 0 spiro atoms. The molecule has 0 amide bonds. The van der Waals surface area contributed by atoms with Crippen molar-refractivity contribution in [2.45, 2.75) is 13.5 Å². The highest BCUT2D eigenvalue weighted by atomic mass is 19.1. The maximum Gasteiger partial charge on any atom is 0.339 e. The Balaban J connectivity index is 2.25. The van der Waals surface area contributed by atoms with E-state index < -0.39 is 11.8 Å². The fourth-order valence-corrected chi connectivity index (χ4v) is 1.80. The number of aromatic carboxylic acids is 1. The van der Waals surface area contributed by atoms with Crippen molar-refractivity contribution in [3.8, 4) is 5.75 Å². The maximum absolute atomic E-state index is 13.6. The van der Waals surface area contributed by atoms with E-state index in [9.17, 15) is 13.6 Å². The minimum Gasteiger partial charge on any atom is -0.485 e. The summed E-state index contributed by atoms with van der Waals surface area (Å²) in [5.74, 6) is -2.70. The second-order valence-electron chi connectivity index (χ2n) is 4.28. The molecule has 0 radical (unpaired) electrons. The van der Waals surface area contributed by atoms with Crippen molar-refractivity contribution < 1.29 is 23.4 Å². The fourth-order valence-electron chi connectivity index (χ4n) is 1.80. The van der Waals surface area contributed by atoms with Gasteiger partial charge < -0.3 is 9.84 Å². The summed E-state index contributed by atoms with van der Waals surface area (Å²) in [6, 6.07) is 7.81. The molecule has 2 rings (SSSR count). The molecule has 0 aliphatic rings. The Morgan fingerprint density at radius 3 is 2.65 bits per heavy atom. The zero-order valence-electron chi connectivity index (χ0n) is 10.7. The highest BCUT2D eigenvalue weighted by Crippen LogP contribution is 2.24. The number of rotatable bonds is 4. The lowest BCUT2D eigenvalue weighted by Gasteiger charge is -2.11. The van der Waals surface area contributed by atoms with Gasteiger partial charge in [0.2, 0.25) is 0 Å².